The van der Waals surface area contributed by atoms with Crippen molar-refractivity contribution in [3.05, 3.63) is 75.7 Å². The molecule has 8 heteroatoms. The van der Waals surface area contributed by atoms with Crippen LogP contribution >= 0.6 is 11.3 Å². The van der Waals surface area contributed by atoms with Crippen LogP contribution in [0.1, 0.15) is 70.3 Å². The minimum atomic E-state index is -0.727. The summed E-state index contributed by atoms with van der Waals surface area (Å²) in [7, 11) is 0. The highest BCUT2D eigenvalue weighted by Gasteiger charge is 2.27. The van der Waals surface area contributed by atoms with E-state index in [1.54, 1.807) is 38.1 Å². The maximum atomic E-state index is 13.0. The van der Waals surface area contributed by atoms with Crippen LogP contribution in [0.5, 0.6) is 5.75 Å². The molecule has 0 unspecified atom stereocenters. The third-order valence-electron chi connectivity index (χ3n) is 6.31. The van der Waals surface area contributed by atoms with E-state index in [-0.39, 0.29) is 18.4 Å². The Bertz CT molecular complexity index is 1260. The molecule has 1 aliphatic rings. The zero-order valence-corrected chi connectivity index (χ0v) is 22.2. The second-order valence-corrected chi connectivity index (χ2v) is 10.0. The van der Waals surface area contributed by atoms with Crippen molar-refractivity contribution in [1.29, 1.82) is 0 Å². The average molecular weight is 521 g/mol. The van der Waals surface area contributed by atoms with E-state index in [0.717, 1.165) is 42.5 Å². The van der Waals surface area contributed by atoms with Gasteiger partial charge in [-0.2, -0.15) is 0 Å². The van der Waals surface area contributed by atoms with Crippen molar-refractivity contribution >= 4 is 39.8 Å². The minimum absolute atomic E-state index is 0.265. The number of amides is 2. The number of hydrogen-bond acceptors (Lipinski definition) is 6. The van der Waals surface area contributed by atoms with E-state index in [2.05, 4.69) is 17.6 Å². The van der Waals surface area contributed by atoms with E-state index in [4.69, 9.17) is 9.47 Å². The highest BCUT2D eigenvalue weighted by Crippen LogP contribution is 2.38. The first-order valence-corrected chi connectivity index (χ1v) is 13.5. The summed E-state index contributed by atoms with van der Waals surface area (Å²) in [4.78, 5) is 39.3. The van der Waals surface area contributed by atoms with Crippen LogP contribution in [0, 0.1) is 0 Å². The molecule has 4 rings (SSSR count). The molecule has 194 valence electrons. The molecule has 3 aromatic rings. The van der Waals surface area contributed by atoms with E-state index in [0.29, 0.717) is 27.6 Å². The monoisotopic (exact) mass is 520 g/mol. The summed E-state index contributed by atoms with van der Waals surface area (Å²) in [5, 5.41) is 6.30. The fourth-order valence-electron chi connectivity index (χ4n) is 4.26. The lowest BCUT2D eigenvalue weighted by atomic mass is 9.95. The van der Waals surface area contributed by atoms with E-state index in [1.807, 2.05) is 24.3 Å². The lowest BCUT2D eigenvalue weighted by Crippen LogP contribution is -2.30. The van der Waals surface area contributed by atoms with Crippen molar-refractivity contribution in [2.45, 2.75) is 59.0 Å². The maximum absolute atomic E-state index is 13.0. The summed E-state index contributed by atoms with van der Waals surface area (Å²) in [6, 6.07) is 14.3. The van der Waals surface area contributed by atoms with Crippen molar-refractivity contribution < 1.29 is 23.9 Å². The first-order valence-electron chi connectivity index (χ1n) is 12.7. The largest absolute Gasteiger partial charge is 0.481 e. The maximum Gasteiger partial charge on any atom is 0.341 e. The lowest BCUT2D eigenvalue weighted by Gasteiger charge is -2.15. The van der Waals surface area contributed by atoms with Crippen LogP contribution in [0.2, 0.25) is 0 Å². The van der Waals surface area contributed by atoms with Gasteiger partial charge in [-0.15, -0.1) is 11.3 Å². The van der Waals surface area contributed by atoms with Crippen LogP contribution in [-0.2, 0) is 28.8 Å². The zero-order valence-electron chi connectivity index (χ0n) is 21.4. The summed E-state index contributed by atoms with van der Waals surface area (Å²) in [5.74, 6) is -0.509. The highest BCUT2D eigenvalue weighted by atomic mass is 32.1. The van der Waals surface area contributed by atoms with Crippen LogP contribution in [0.25, 0.3) is 0 Å². The Hall–Kier alpha value is -3.65. The molecule has 1 heterocycles. The number of esters is 1. The van der Waals surface area contributed by atoms with Crippen molar-refractivity contribution in [3.8, 4) is 5.75 Å². The number of anilines is 2. The van der Waals surface area contributed by atoms with Gasteiger partial charge in [-0.3, -0.25) is 9.59 Å². The van der Waals surface area contributed by atoms with Gasteiger partial charge < -0.3 is 20.1 Å². The smallest absolute Gasteiger partial charge is 0.341 e. The number of nitrogens with one attached hydrogen (secondary N) is 2. The Balaban J connectivity index is 1.39. The first kappa shape index (κ1) is 26.4. The summed E-state index contributed by atoms with van der Waals surface area (Å²) in [5.41, 5.74) is 3.81. The number of carbonyl (C=O) groups excluding carboxylic acids is 3. The molecule has 2 N–H and O–H groups in total. The minimum Gasteiger partial charge on any atom is -0.481 e. The fraction of sp³-hybridized carbons (Fsp3) is 0.345. The average Bonchev–Trinajstić information content (AvgIpc) is 3.27. The molecule has 0 radical (unpaired) electrons. The van der Waals surface area contributed by atoms with Gasteiger partial charge >= 0.3 is 5.97 Å². The van der Waals surface area contributed by atoms with E-state index < -0.39 is 12.1 Å². The van der Waals surface area contributed by atoms with Gasteiger partial charge in [0, 0.05) is 16.1 Å². The van der Waals surface area contributed by atoms with Gasteiger partial charge in [-0.1, -0.05) is 19.1 Å². The van der Waals surface area contributed by atoms with Gasteiger partial charge in [0.25, 0.3) is 11.8 Å². The number of thiophene rings is 1. The Labute approximate surface area is 221 Å². The van der Waals surface area contributed by atoms with Gasteiger partial charge in [0.2, 0.25) is 0 Å². The Kier molecular flexibility index (Phi) is 8.61. The number of hydrogen-bond donors (Lipinski definition) is 2. The molecule has 1 aliphatic carbocycles. The van der Waals surface area contributed by atoms with Crippen LogP contribution in [0.4, 0.5) is 10.7 Å². The third kappa shape index (κ3) is 6.38. The van der Waals surface area contributed by atoms with Crippen LogP contribution in [0.15, 0.2) is 48.5 Å². The van der Waals surface area contributed by atoms with Crippen LogP contribution < -0.4 is 15.4 Å². The van der Waals surface area contributed by atoms with Gasteiger partial charge in [0.1, 0.15) is 10.8 Å². The first-order chi connectivity index (χ1) is 17.9. The summed E-state index contributed by atoms with van der Waals surface area (Å²) < 4.78 is 11.0. The van der Waals surface area contributed by atoms with E-state index >= 15 is 0 Å². The Morgan fingerprint density at radius 2 is 1.65 bits per heavy atom. The standard InChI is InChI=1S/C29H32N2O5S/c1-4-19-10-14-21(15-11-19)30-26(32)18(3)36-22-16-12-20(13-17-22)27(33)31-28-25(29(34)35-5-2)23-8-6-7-9-24(23)37-28/h10-18H,4-9H2,1-3H3,(H,30,32)(H,31,33)/t18-/m0/s1. The number of carbonyl (C=O) groups is 3. The molecule has 0 spiro atoms. The predicted molar refractivity (Wildman–Crippen MR) is 146 cm³/mol. The van der Waals surface area contributed by atoms with Gasteiger partial charge in [-0.25, -0.2) is 4.79 Å². The van der Waals surface area contributed by atoms with Gasteiger partial charge in [0.15, 0.2) is 6.10 Å². The number of benzene rings is 2. The molecule has 0 bridgehead atoms. The molecule has 1 atom stereocenters. The molecule has 0 fully saturated rings. The Morgan fingerprint density at radius 3 is 2.32 bits per heavy atom. The molecule has 0 aliphatic heterocycles. The van der Waals surface area contributed by atoms with Crippen LogP contribution in [0.3, 0.4) is 0 Å². The van der Waals surface area contributed by atoms with Gasteiger partial charge in [0.05, 0.1) is 12.2 Å². The second kappa shape index (κ2) is 12.1. The summed E-state index contributed by atoms with van der Waals surface area (Å²) >= 11 is 1.45. The van der Waals surface area contributed by atoms with Crippen molar-refractivity contribution in [3.63, 3.8) is 0 Å². The molecular weight excluding hydrogens is 488 g/mol. The Morgan fingerprint density at radius 1 is 0.946 bits per heavy atom. The number of aryl methyl sites for hydroxylation is 2. The molecular formula is C29H32N2O5S. The zero-order chi connectivity index (χ0) is 26.4. The van der Waals surface area contributed by atoms with Crippen molar-refractivity contribution in [2.75, 3.05) is 17.2 Å². The third-order valence-corrected chi connectivity index (χ3v) is 7.51. The molecule has 1 aromatic heterocycles. The number of ether oxygens (including phenoxy) is 2. The summed E-state index contributed by atoms with van der Waals surface area (Å²) in [6.45, 7) is 5.80. The molecule has 2 aromatic carbocycles. The SMILES string of the molecule is CCOC(=O)c1c(NC(=O)c2ccc(O[C@@H](C)C(=O)Nc3ccc(CC)cc3)cc2)sc2c1CCCC2. The summed E-state index contributed by atoms with van der Waals surface area (Å²) in [6.07, 6.45) is 4.03. The normalized spacial score (nSPS) is 13.3. The van der Waals surface area contributed by atoms with Crippen LogP contribution in [-0.4, -0.2) is 30.5 Å². The number of rotatable bonds is 9. The molecule has 0 saturated heterocycles. The molecule has 0 saturated carbocycles. The predicted octanol–water partition coefficient (Wildman–Crippen LogP) is 6.02. The molecule has 7 nitrogen and oxygen atoms in total. The molecule has 37 heavy (non-hydrogen) atoms. The second-order valence-electron chi connectivity index (χ2n) is 8.91. The van der Waals surface area contributed by atoms with Crippen molar-refractivity contribution in [2.24, 2.45) is 0 Å². The lowest BCUT2D eigenvalue weighted by molar-refractivity contribution is -0.122. The molecule has 2 amide bonds. The highest BCUT2D eigenvalue weighted by molar-refractivity contribution is 7.17. The van der Waals surface area contributed by atoms with E-state index in [1.165, 1.54) is 16.9 Å². The quantitative estimate of drug-likeness (QED) is 0.336. The number of fused-ring (bicyclic) bond motifs is 1. The van der Waals surface area contributed by atoms with Gasteiger partial charge in [-0.05, 0) is 93.5 Å². The van der Waals surface area contributed by atoms with E-state index in [9.17, 15) is 14.4 Å². The topological polar surface area (TPSA) is 93.7 Å². The van der Waals surface area contributed by atoms with Crippen molar-refractivity contribution in [1.82, 2.24) is 0 Å². The fourth-order valence-corrected chi connectivity index (χ4v) is 5.53.